The summed E-state index contributed by atoms with van der Waals surface area (Å²) in [6.07, 6.45) is 2.02. The van der Waals surface area contributed by atoms with Crippen LogP contribution in [0.3, 0.4) is 0 Å². The Labute approximate surface area is 155 Å². The molecule has 24 heavy (non-hydrogen) atoms. The number of hydrogen-bond donors (Lipinski definition) is 1. The van der Waals surface area contributed by atoms with Crippen LogP contribution in [0.25, 0.3) is 0 Å². The molecule has 1 N–H and O–H groups in total. The van der Waals surface area contributed by atoms with E-state index < -0.39 is 0 Å². The van der Waals surface area contributed by atoms with Gasteiger partial charge >= 0.3 is 0 Å². The monoisotopic (exact) mass is 371 g/mol. The van der Waals surface area contributed by atoms with Gasteiger partial charge in [0.15, 0.2) is 0 Å². The number of nitrogens with zero attached hydrogens (tertiary/aromatic N) is 2. The lowest BCUT2D eigenvalue weighted by molar-refractivity contribution is -0.143. The molecule has 2 fully saturated rings. The number of piperidine rings is 1. The van der Waals surface area contributed by atoms with E-state index in [0.717, 1.165) is 49.6 Å². The summed E-state index contributed by atoms with van der Waals surface area (Å²) in [7, 11) is 0. The average molecular weight is 372 g/mol. The third kappa shape index (κ3) is 3.88. The van der Waals surface area contributed by atoms with Gasteiger partial charge in [0.1, 0.15) is 0 Å². The zero-order valence-corrected chi connectivity index (χ0v) is 15.9. The highest BCUT2D eigenvalue weighted by atomic mass is 35.5. The van der Waals surface area contributed by atoms with Crippen molar-refractivity contribution in [2.75, 3.05) is 26.2 Å². The largest absolute Gasteiger partial charge is 0.339 e. The first kappa shape index (κ1) is 19.5. The molecule has 0 aromatic heterocycles. The van der Waals surface area contributed by atoms with Gasteiger partial charge in [-0.1, -0.05) is 29.8 Å². The third-order valence-corrected chi connectivity index (χ3v) is 5.36. The molecule has 2 aliphatic rings. The molecule has 0 bridgehead atoms. The van der Waals surface area contributed by atoms with Crippen LogP contribution in [0, 0.1) is 0 Å². The number of hydrogen-bond acceptors (Lipinski definition) is 3. The van der Waals surface area contributed by atoms with Crippen molar-refractivity contribution in [3.05, 3.63) is 34.9 Å². The number of likely N-dealkylation sites (tertiary alicyclic amines) is 1. The maximum atomic E-state index is 13.0. The number of halogens is 2. The highest BCUT2D eigenvalue weighted by Gasteiger charge is 2.39. The molecule has 2 atom stereocenters. The Hall–Kier alpha value is -0.810. The van der Waals surface area contributed by atoms with Crippen LogP contribution in [0.15, 0.2) is 24.3 Å². The second kappa shape index (κ2) is 8.52. The number of amides is 1. The van der Waals surface area contributed by atoms with Crippen LogP contribution in [-0.4, -0.2) is 54.0 Å². The molecule has 6 heteroatoms. The first-order valence-corrected chi connectivity index (χ1v) is 8.98. The second-order valence-electron chi connectivity index (χ2n) is 6.76. The Morgan fingerprint density at radius 3 is 2.67 bits per heavy atom. The van der Waals surface area contributed by atoms with Crippen LogP contribution in [0.5, 0.6) is 0 Å². The van der Waals surface area contributed by atoms with Crippen molar-refractivity contribution in [2.45, 2.75) is 44.8 Å². The number of rotatable bonds is 3. The lowest BCUT2D eigenvalue weighted by Crippen LogP contribution is -2.59. The molecule has 3 rings (SSSR count). The quantitative estimate of drug-likeness (QED) is 0.886. The van der Waals surface area contributed by atoms with Gasteiger partial charge in [-0.3, -0.25) is 9.69 Å². The molecule has 1 amide bonds. The van der Waals surface area contributed by atoms with Crippen LogP contribution >= 0.6 is 24.0 Å². The fourth-order valence-electron chi connectivity index (χ4n) is 3.83. The Kier molecular flexibility index (Phi) is 6.93. The molecule has 4 nitrogen and oxygen atoms in total. The Morgan fingerprint density at radius 2 is 1.96 bits per heavy atom. The predicted molar refractivity (Wildman–Crippen MR) is 101 cm³/mol. The summed E-state index contributed by atoms with van der Waals surface area (Å²) < 4.78 is 0. The molecular formula is C18H27Cl2N3O. The highest BCUT2D eigenvalue weighted by Crippen LogP contribution is 2.32. The van der Waals surface area contributed by atoms with E-state index in [9.17, 15) is 4.79 Å². The van der Waals surface area contributed by atoms with Crippen molar-refractivity contribution in [1.29, 1.82) is 0 Å². The van der Waals surface area contributed by atoms with Crippen molar-refractivity contribution in [3.63, 3.8) is 0 Å². The van der Waals surface area contributed by atoms with Gasteiger partial charge in [-0.2, -0.15) is 0 Å². The number of benzene rings is 1. The van der Waals surface area contributed by atoms with Crippen LogP contribution in [-0.2, 0) is 4.79 Å². The molecule has 2 aliphatic heterocycles. The zero-order valence-electron chi connectivity index (χ0n) is 14.4. The molecule has 2 saturated heterocycles. The number of piperazine rings is 1. The molecule has 0 aliphatic carbocycles. The molecule has 134 valence electrons. The second-order valence-corrected chi connectivity index (χ2v) is 7.17. The highest BCUT2D eigenvalue weighted by molar-refractivity contribution is 6.31. The Morgan fingerprint density at radius 1 is 1.21 bits per heavy atom. The van der Waals surface area contributed by atoms with E-state index in [1.807, 2.05) is 23.1 Å². The van der Waals surface area contributed by atoms with E-state index in [4.69, 9.17) is 11.6 Å². The first-order valence-electron chi connectivity index (χ1n) is 8.61. The topological polar surface area (TPSA) is 35.6 Å². The molecule has 1 aromatic rings. The summed E-state index contributed by atoms with van der Waals surface area (Å²) in [5.74, 6) is 0.283. The maximum Gasteiger partial charge on any atom is 0.240 e. The standard InChI is InChI=1S/C18H26ClN3O.ClH/c1-13(2)21-10-5-8-16(18(21)23)22-11-9-20-12-17(22)14-6-3-4-7-15(14)19;/h3-4,6-7,13,16-17,20H,5,8-12H2,1-2H3;1H. The summed E-state index contributed by atoms with van der Waals surface area (Å²) in [6, 6.07) is 8.42. The fourth-order valence-corrected chi connectivity index (χ4v) is 4.09. The van der Waals surface area contributed by atoms with E-state index in [1.165, 1.54) is 0 Å². The molecule has 0 radical (unpaired) electrons. The zero-order chi connectivity index (χ0) is 16.4. The molecule has 0 saturated carbocycles. The molecule has 0 spiro atoms. The Balaban J connectivity index is 0.00000208. The number of carbonyl (C=O) groups excluding carboxylic acids is 1. The average Bonchev–Trinajstić information content (AvgIpc) is 2.55. The minimum absolute atomic E-state index is 0. The molecular weight excluding hydrogens is 345 g/mol. The van der Waals surface area contributed by atoms with Crippen LogP contribution in [0.2, 0.25) is 5.02 Å². The lowest BCUT2D eigenvalue weighted by atomic mass is 9.95. The summed E-state index contributed by atoms with van der Waals surface area (Å²) in [5, 5.41) is 4.24. The van der Waals surface area contributed by atoms with Gasteiger partial charge < -0.3 is 10.2 Å². The minimum atomic E-state index is -0.0190. The summed E-state index contributed by atoms with van der Waals surface area (Å²) >= 11 is 6.43. The van der Waals surface area contributed by atoms with Crippen molar-refractivity contribution in [3.8, 4) is 0 Å². The summed E-state index contributed by atoms with van der Waals surface area (Å²) in [4.78, 5) is 17.4. The van der Waals surface area contributed by atoms with Gasteiger partial charge in [-0.25, -0.2) is 0 Å². The summed E-state index contributed by atoms with van der Waals surface area (Å²) in [6.45, 7) is 7.74. The van der Waals surface area contributed by atoms with Gasteiger partial charge in [0.05, 0.1) is 6.04 Å². The van der Waals surface area contributed by atoms with Gasteiger partial charge in [0, 0.05) is 43.3 Å². The normalized spacial score (nSPS) is 25.7. The smallest absolute Gasteiger partial charge is 0.240 e. The first-order chi connectivity index (χ1) is 11.1. The van der Waals surface area contributed by atoms with Crippen LogP contribution < -0.4 is 5.32 Å². The van der Waals surface area contributed by atoms with Gasteiger partial charge in [0.25, 0.3) is 0 Å². The maximum absolute atomic E-state index is 13.0. The van der Waals surface area contributed by atoms with E-state index in [0.29, 0.717) is 0 Å². The predicted octanol–water partition coefficient (Wildman–Crippen LogP) is 3.11. The van der Waals surface area contributed by atoms with E-state index in [1.54, 1.807) is 0 Å². The molecule has 1 aromatic carbocycles. The van der Waals surface area contributed by atoms with E-state index in [-0.39, 0.29) is 36.4 Å². The lowest BCUT2D eigenvalue weighted by Gasteiger charge is -2.45. The fraction of sp³-hybridized carbons (Fsp3) is 0.611. The Bertz CT molecular complexity index is 567. The van der Waals surface area contributed by atoms with Crippen molar-refractivity contribution in [1.82, 2.24) is 15.1 Å². The molecule has 2 unspecified atom stereocenters. The van der Waals surface area contributed by atoms with Crippen molar-refractivity contribution < 1.29 is 4.79 Å². The van der Waals surface area contributed by atoms with Crippen LogP contribution in [0.1, 0.15) is 38.3 Å². The van der Waals surface area contributed by atoms with E-state index >= 15 is 0 Å². The van der Waals surface area contributed by atoms with E-state index in [2.05, 4.69) is 30.1 Å². The minimum Gasteiger partial charge on any atom is -0.339 e. The molecule has 2 heterocycles. The van der Waals surface area contributed by atoms with Gasteiger partial charge in [-0.15, -0.1) is 12.4 Å². The van der Waals surface area contributed by atoms with Crippen LogP contribution in [0.4, 0.5) is 0 Å². The number of nitrogens with one attached hydrogen (secondary N) is 1. The van der Waals surface area contributed by atoms with Crippen molar-refractivity contribution >= 4 is 29.9 Å². The van der Waals surface area contributed by atoms with Gasteiger partial charge in [-0.05, 0) is 38.3 Å². The summed E-state index contributed by atoms with van der Waals surface area (Å²) in [5.41, 5.74) is 1.12. The third-order valence-electron chi connectivity index (χ3n) is 5.02. The van der Waals surface area contributed by atoms with Crippen molar-refractivity contribution in [2.24, 2.45) is 0 Å². The SMILES string of the molecule is CC(C)N1CCCC(N2CCNCC2c2ccccc2Cl)C1=O.Cl. The van der Waals surface area contributed by atoms with Gasteiger partial charge in [0.2, 0.25) is 5.91 Å². The number of carbonyl (C=O) groups is 1.